The van der Waals surface area contributed by atoms with Gasteiger partial charge in [-0.15, -0.1) is 11.3 Å². The van der Waals surface area contributed by atoms with Crippen molar-refractivity contribution in [3.8, 4) is 17.4 Å². The molecule has 0 radical (unpaired) electrons. The zero-order valence-electron chi connectivity index (χ0n) is 18.1. The highest BCUT2D eigenvalue weighted by atomic mass is 32.1. The van der Waals surface area contributed by atoms with Gasteiger partial charge in [-0.25, -0.2) is 4.99 Å². The van der Waals surface area contributed by atoms with Crippen LogP contribution in [0.15, 0.2) is 45.8 Å². The SMILES string of the molecule is CC(C)(C)[C@H]1CCc2c(sc(N=Cc3ccc(-c4cccc(C(F)(F)F)c4)o3)c2C#N)C1. The first-order valence-corrected chi connectivity index (χ1v) is 11.2. The van der Waals surface area contributed by atoms with Gasteiger partial charge in [0.2, 0.25) is 0 Å². The Morgan fingerprint density at radius 3 is 2.66 bits per heavy atom. The quantitative estimate of drug-likeness (QED) is 0.378. The van der Waals surface area contributed by atoms with Crippen LogP contribution in [0.5, 0.6) is 0 Å². The summed E-state index contributed by atoms with van der Waals surface area (Å²) in [6.45, 7) is 6.75. The molecule has 0 saturated heterocycles. The first-order chi connectivity index (χ1) is 15.1. The molecule has 1 aliphatic carbocycles. The number of nitrogens with zero attached hydrogens (tertiary/aromatic N) is 2. The van der Waals surface area contributed by atoms with Crippen molar-refractivity contribution < 1.29 is 17.6 Å². The average Bonchev–Trinajstić information content (AvgIpc) is 3.34. The summed E-state index contributed by atoms with van der Waals surface area (Å²) < 4.78 is 44.6. The number of fused-ring (bicyclic) bond motifs is 1. The van der Waals surface area contributed by atoms with E-state index in [-0.39, 0.29) is 5.41 Å². The van der Waals surface area contributed by atoms with Crippen LogP contribution in [-0.4, -0.2) is 6.21 Å². The molecular weight excluding hydrogens is 433 g/mol. The van der Waals surface area contributed by atoms with Crippen molar-refractivity contribution >= 4 is 22.6 Å². The van der Waals surface area contributed by atoms with E-state index in [0.29, 0.717) is 33.6 Å². The number of furan rings is 1. The molecular formula is C25H23F3N2OS. The Morgan fingerprint density at radius 2 is 1.97 bits per heavy atom. The zero-order valence-corrected chi connectivity index (χ0v) is 18.9. The second kappa shape index (κ2) is 8.25. The fraction of sp³-hybridized carbons (Fsp3) is 0.360. The fourth-order valence-electron chi connectivity index (χ4n) is 4.07. The van der Waals surface area contributed by atoms with E-state index in [4.69, 9.17) is 4.42 Å². The molecule has 0 amide bonds. The van der Waals surface area contributed by atoms with E-state index < -0.39 is 11.7 Å². The Morgan fingerprint density at radius 1 is 1.19 bits per heavy atom. The minimum absolute atomic E-state index is 0.214. The number of thiophene rings is 1. The van der Waals surface area contributed by atoms with E-state index >= 15 is 0 Å². The van der Waals surface area contributed by atoms with Crippen LogP contribution in [0.25, 0.3) is 11.3 Å². The molecule has 2 heterocycles. The topological polar surface area (TPSA) is 49.3 Å². The third-order valence-electron chi connectivity index (χ3n) is 5.99. The highest BCUT2D eigenvalue weighted by molar-refractivity contribution is 7.16. The summed E-state index contributed by atoms with van der Waals surface area (Å²) in [6.07, 6.45) is 0.00568. The Bertz CT molecular complexity index is 1210. The number of nitriles is 1. The van der Waals surface area contributed by atoms with Gasteiger partial charge in [0.15, 0.2) is 0 Å². The molecule has 7 heteroatoms. The molecule has 0 N–H and O–H groups in total. The van der Waals surface area contributed by atoms with Gasteiger partial charge in [-0.3, -0.25) is 0 Å². The minimum Gasteiger partial charge on any atom is -0.455 e. The lowest BCUT2D eigenvalue weighted by Gasteiger charge is -2.33. The fourth-order valence-corrected chi connectivity index (χ4v) is 5.29. The molecule has 32 heavy (non-hydrogen) atoms. The number of alkyl halides is 3. The Kier molecular flexibility index (Phi) is 5.76. The van der Waals surface area contributed by atoms with Crippen LogP contribution in [0.3, 0.4) is 0 Å². The first kappa shape index (κ1) is 22.3. The molecule has 0 aliphatic heterocycles. The summed E-state index contributed by atoms with van der Waals surface area (Å²) >= 11 is 1.55. The molecule has 4 rings (SSSR count). The van der Waals surface area contributed by atoms with Crippen LogP contribution in [0.2, 0.25) is 0 Å². The van der Waals surface area contributed by atoms with Gasteiger partial charge in [0.25, 0.3) is 0 Å². The molecule has 1 atom stereocenters. The summed E-state index contributed by atoms with van der Waals surface area (Å²) in [5.41, 5.74) is 1.56. The number of benzene rings is 1. The predicted molar refractivity (Wildman–Crippen MR) is 120 cm³/mol. The smallest absolute Gasteiger partial charge is 0.416 e. The van der Waals surface area contributed by atoms with Crippen molar-refractivity contribution in [3.63, 3.8) is 0 Å². The van der Waals surface area contributed by atoms with Crippen molar-refractivity contribution in [3.05, 3.63) is 63.7 Å². The van der Waals surface area contributed by atoms with E-state index in [1.807, 2.05) is 0 Å². The minimum atomic E-state index is -4.41. The van der Waals surface area contributed by atoms with Gasteiger partial charge >= 0.3 is 6.18 Å². The number of halogens is 3. The lowest BCUT2D eigenvalue weighted by atomic mass is 9.72. The molecule has 166 valence electrons. The largest absolute Gasteiger partial charge is 0.455 e. The van der Waals surface area contributed by atoms with E-state index in [1.54, 1.807) is 29.5 Å². The Balaban J connectivity index is 1.58. The van der Waals surface area contributed by atoms with Crippen molar-refractivity contribution in [1.29, 1.82) is 5.26 Å². The zero-order chi connectivity index (χ0) is 23.1. The third kappa shape index (κ3) is 4.51. The average molecular weight is 457 g/mol. The predicted octanol–water partition coefficient (Wildman–Crippen LogP) is 7.80. The second-order valence-electron chi connectivity index (χ2n) is 9.14. The van der Waals surface area contributed by atoms with Crippen LogP contribution in [-0.2, 0) is 19.0 Å². The van der Waals surface area contributed by atoms with Gasteiger partial charge in [-0.1, -0.05) is 32.9 Å². The lowest BCUT2D eigenvalue weighted by molar-refractivity contribution is -0.137. The summed E-state index contributed by atoms with van der Waals surface area (Å²) in [7, 11) is 0. The maximum atomic E-state index is 13.0. The number of rotatable bonds is 3. The standard InChI is InChI=1S/C25H23F3N2OS/c1-24(2,3)16-7-9-19-20(13-29)23(32-22(19)12-16)30-14-18-8-10-21(31-18)15-5-4-6-17(11-15)25(26,27)28/h4-6,8,10-11,14,16H,7,9,12H2,1-3H3/t16-/m0/s1. The highest BCUT2D eigenvalue weighted by Gasteiger charge is 2.32. The van der Waals surface area contributed by atoms with Gasteiger partial charge in [-0.2, -0.15) is 18.4 Å². The Labute approximate surface area is 189 Å². The van der Waals surface area contributed by atoms with Gasteiger partial charge < -0.3 is 4.42 Å². The molecule has 0 fully saturated rings. The van der Waals surface area contributed by atoms with E-state index in [0.717, 1.165) is 37.0 Å². The van der Waals surface area contributed by atoms with Crippen molar-refractivity contribution in [1.82, 2.24) is 0 Å². The maximum Gasteiger partial charge on any atom is 0.416 e. The summed E-state index contributed by atoms with van der Waals surface area (Å²) in [4.78, 5) is 5.73. The van der Waals surface area contributed by atoms with Crippen molar-refractivity contribution in [2.75, 3.05) is 0 Å². The highest BCUT2D eigenvalue weighted by Crippen LogP contribution is 2.45. The van der Waals surface area contributed by atoms with Crippen LogP contribution in [0, 0.1) is 22.7 Å². The summed E-state index contributed by atoms with van der Waals surface area (Å²) in [6, 6.07) is 10.6. The van der Waals surface area contributed by atoms with E-state index in [2.05, 4.69) is 31.8 Å². The van der Waals surface area contributed by atoms with Crippen LogP contribution >= 0.6 is 11.3 Å². The van der Waals surface area contributed by atoms with Crippen molar-refractivity contribution in [2.45, 2.75) is 46.2 Å². The molecule has 3 aromatic rings. The molecule has 0 unspecified atom stereocenters. The van der Waals surface area contributed by atoms with Crippen LogP contribution < -0.4 is 0 Å². The monoisotopic (exact) mass is 456 g/mol. The molecule has 1 aliphatic rings. The molecule has 0 saturated carbocycles. The van der Waals surface area contributed by atoms with Gasteiger partial charge in [0.05, 0.1) is 17.3 Å². The maximum absolute atomic E-state index is 13.0. The van der Waals surface area contributed by atoms with Gasteiger partial charge in [0.1, 0.15) is 22.6 Å². The first-order valence-electron chi connectivity index (χ1n) is 10.4. The van der Waals surface area contributed by atoms with Crippen molar-refractivity contribution in [2.24, 2.45) is 16.3 Å². The summed E-state index contributed by atoms with van der Waals surface area (Å²) in [5, 5.41) is 10.4. The number of hydrogen-bond acceptors (Lipinski definition) is 4. The molecule has 2 aromatic heterocycles. The van der Waals surface area contributed by atoms with Gasteiger partial charge in [-0.05, 0) is 60.4 Å². The lowest BCUT2D eigenvalue weighted by Crippen LogP contribution is -2.26. The molecule has 0 bridgehead atoms. The normalized spacial score (nSPS) is 16.8. The third-order valence-corrected chi connectivity index (χ3v) is 7.16. The number of hydrogen-bond donors (Lipinski definition) is 0. The van der Waals surface area contributed by atoms with E-state index in [9.17, 15) is 18.4 Å². The molecule has 3 nitrogen and oxygen atoms in total. The van der Waals surface area contributed by atoms with Gasteiger partial charge in [0, 0.05) is 10.4 Å². The summed E-state index contributed by atoms with van der Waals surface area (Å²) in [5.74, 6) is 1.31. The molecule has 1 aromatic carbocycles. The second-order valence-corrected chi connectivity index (χ2v) is 10.2. The van der Waals surface area contributed by atoms with E-state index in [1.165, 1.54) is 17.2 Å². The van der Waals surface area contributed by atoms with Crippen LogP contribution in [0.1, 0.15) is 54.5 Å². The molecule has 0 spiro atoms. The van der Waals surface area contributed by atoms with Crippen LogP contribution in [0.4, 0.5) is 18.2 Å². The Hall–Kier alpha value is -2.85. The number of aliphatic imine (C=N–C) groups is 1.